The monoisotopic (exact) mass is 284 g/mol. The second kappa shape index (κ2) is 6.69. The van der Waals surface area contributed by atoms with E-state index < -0.39 is 0 Å². The molecule has 0 amide bonds. The highest BCUT2D eigenvalue weighted by molar-refractivity contribution is 5.85. The molecule has 0 saturated carbocycles. The highest BCUT2D eigenvalue weighted by Crippen LogP contribution is 2.23. The van der Waals surface area contributed by atoms with Crippen LogP contribution in [0, 0.1) is 11.7 Å². The number of nitrogens with zero attached hydrogens (tertiary/aromatic N) is 1. The quantitative estimate of drug-likeness (QED) is 0.898. The number of halogens is 2. The lowest BCUT2D eigenvalue weighted by atomic mass is 9.94. The van der Waals surface area contributed by atoms with Crippen molar-refractivity contribution in [2.75, 3.05) is 26.2 Å². The molecule has 2 aliphatic heterocycles. The SMILES string of the molecule is Cl.Fc1cccc2c1CN(CC1CCNCC1)CC2. The minimum absolute atomic E-state index is 0. The van der Waals surface area contributed by atoms with Gasteiger partial charge in [-0.1, -0.05) is 12.1 Å². The molecule has 19 heavy (non-hydrogen) atoms. The molecule has 2 aliphatic rings. The van der Waals surface area contributed by atoms with Crippen molar-refractivity contribution in [2.24, 2.45) is 5.92 Å². The second-order valence-electron chi connectivity index (χ2n) is 5.56. The number of piperidine rings is 1. The van der Waals surface area contributed by atoms with Gasteiger partial charge in [-0.3, -0.25) is 4.90 Å². The Bertz CT molecular complexity index is 419. The molecule has 1 aromatic carbocycles. The average molecular weight is 285 g/mol. The fraction of sp³-hybridized carbons (Fsp3) is 0.600. The van der Waals surface area contributed by atoms with Crippen molar-refractivity contribution in [3.05, 3.63) is 35.1 Å². The Morgan fingerprint density at radius 3 is 2.84 bits per heavy atom. The van der Waals surface area contributed by atoms with Gasteiger partial charge in [0.25, 0.3) is 0 Å². The molecule has 0 aromatic heterocycles. The first-order valence-electron chi connectivity index (χ1n) is 7.02. The molecular formula is C15H22ClFN2. The minimum atomic E-state index is -0.0255. The summed E-state index contributed by atoms with van der Waals surface area (Å²) in [6.45, 7) is 5.30. The second-order valence-corrected chi connectivity index (χ2v) is 5.56. The molecular weight excluding hydrogens is 263 g/mol. The number of hydrogen-bond donors (Lipinski definition) is 1. The summed E-state index contributed by atoms with van der Waals surface area (Å²) in [7, 11) is 0. The van der Waals surface area contributed by atoms with Gasteiger partial charge in [0.15, 0.2) is 0 Å². The van der Waals surface area contributed by atoms with E-state index in [9.17, 15) is 4.39 Å². The standard InChI is InChI=1S/C15H21FN2.ClH/c16-15-3-1-2-13-6-9-18(11-14(13)15)10-12-4-7-17-8-5-12;/h1-3,12,17H,4-11H2;1H. The van der Waals surface area contributed by atoms with E-state index >= 15 is 0 Å². The molecule has 1 saturated heterocycles. The van der Waals surface area contributed by atoms with Gasteiger partial charge < -0.3 is 5.32 Å². The molecule has 3 rings (SSSR count). The fourth-order valence-corrected chi connectivity index (χ4v) is 3.18. The number of hydrogen-bond acceptors (Lipinski definition) is 2. The van der Waals surface area contributed by atoms with E-state index in [0.717, 1.165) is 50.6 Å². The molecule has 4 heteroatoms. The van der Waals surface area contributed by atoms with Gasteiger partial charge >= 0.3 is 0 Å². The summed E-state index contributed by atoms with van der Waals surface area (Å²) in [6.07, 6.45) is 3.53. The zero-order valence-electron chi connectivity index (χ0n) is 11.2. The number of nitrogens with one attached hydrogen (secondary N) is 1. The van der Waals surface area contributed by atoms with Crippen molar-refractivity contribution < 1.29 is 4.39 Å². The molecule has 0 aliphatic carbocycles. The van der Waals surface area contributed by atoms with Crippen LogP contribution in [0.5, 0.6) is 0 Å². The average Bonchev–Trinajstić information content (AvgIpc) is 2.41. The van der Waals surface area contributed by atoms with Gasteiger partial charge in [0.1, 0.15) is 5.82 Å². The van der Waals surface area contributed by atoms with Crippen LogP contribution in [0.3, 0.4) is 0 Å². The molecule has 2 heterocycles. The number of fused-ring (bicyclic) bond motifs is 1. The van der Waals surface area contributed by atoms with E-state index in [4.69, 9.17) is 0 Å². The first-order chi connectivity index (χ1) is 8.83. The maximum Gasteiger partial charge on any atom is 0.127 e. The molecule has 1 fully saturated rings. The Balaban J connectivity index is 0.00000133. The van der Waals surface area contributed by atoms with Crippen LogP contribution in [0.15, 0.2) is 18.2 Å². The summed E-state index contributed by atoms with van der Waals surface area (Å²) in [5.74, 6) is 0.766. The fourth-order valence-electron chi connectivity index (χ4n) is 3.18. The highest BCUT2D eigenvalue weighted by atomic mass is 35.5. The van der Waals surface area contributed by atoms with Crippen LogP contribution in [-0.2, 0) is 13.0 Å². The predicted octanol–water partition coefficient (Wildman–Crippen LogP) is 2.61. The van der Waals surface area contributed by atoms with Gasteiger partial charge in [0.2, 0.25) is 0 Å². The Kier molecular flexibility index (Phi) is 5.20. The van der Waals surface area contributed by atoms with E-state index in [-0.39, 0.29) is 18.2 Å². The lowest BCUT2D eigenvalue weighted by Crippen LogP contribution is -2.38. The summed E-state index contributed by atoms with van der Waals surface area (Å²) in [5.41, 5.74) is 2.13. The van der Waals surface area contributed by atoms with Crippen LogP contribution >= 0.6 is 12.4 Å². The molecule has 0 unspecified atom stereocenters. The first-order valence-corrected chi connectivity index (χ1v) is 7.02. The van der Waals surface area contributed by atoms with Crippen LogP contribution in [0.1, 0.15) is 24.0 Å². The lowest BCUT2D eigenvalue weighted by molar-refractivity contribution is 0.189. The van der Waals surface area contributed by atoms with Crippen molar-refractivity contribution in [1.29, 1.82) is 0 Å². The van der Waals surface area contributed by atoms with Crippen molar-refractivity contribution in [1.82, 2.24) is 10.2 Å². The Morgan fingerprint density at radius 1 is 1.26 bits per heavy atom. The maximum atomic E-state index is 13.8. The largest absolute Gasteiger partial charge is 0.317 e. The highest BCUT2D eigenvalue weighted by Gasteiger charge is 2.22. The predicted molar refractivity (Wildman–Crippen MR) is 78.2 cm³/mol. The van der Waals surface area contributed by atoms with Gasteiger partial charge in [-0.2, -0.15) is 0 Å². The minimum Gasteiger partial charge on any atom is -0.317 e. The summed E-state index contributed by atoms with van der Waals surface area (Å²) < 4.78 is 13.8. The van der Waals surface area contributed by atoms with Crippen molar-refractivity contribution in [3.63, 3.8) is 0 Å². The molecule has 0 atom stereocenters. The summed E-state index contributed by atoms with van der Waals surface area (Å²) >= 11 is 0. The third-order valence-corrected chi connectivity index (χ3v) is 4.27. The summed E-state index contributed by atoms with van der Waals surface area (Å²) in [4.78, 5) is 2.43. The Labute approximate surface area is 120 Å². The van der Waals surface area contributed by atoms with Crippen LogP contribution in [0.4, 0.5) is 4.39 Å². The maximum absolute atomic E-state index is 13.8. The van der Waals surface area contributed by atoms with Crippen molar-refractivity contribution in [3.8, 4) is 0 Å². The molecule has 2 nitrogen and oxygen atoms in total. The van der Waals surface area contributed by atoms with E-state index in [1.165, 1.54) is 18.4 Å². The van der Waals surface area contributed by atoms with Crippen LogP contribution in [0.25, 0.3) is 0 Å². The zero-order chi connectivity index (χ0) is 12.4. The van der Waals surface area contributed by atoms with Crippen LogP contribution < -0.4 is 5.32 Å². The van der Waals surface area contributed by atoms with Crippen LogP contribution in [0.2, 0.25) is 0 Å². The molecule has 1 N–H and O–H groups in total. The van der Waals surface area contributed by atoms with Gasteiger partial charge in [-0.15, -0.1) is 12.4 Å². The molecule has 0 bridgehead atoms. The topological polar surface area (TPSA) is 15.3 Å². The van der Waals surface area contributed by atoms with Gasteiger partial charge in [-0.05, 0) is 49.9 Å². The number of benzene rings is 1. The van der Waals surface area contributed by atoms with Crippen molar-refractivity contribution in [2.45, 2.75) is 25.8 Å². The molecule has 0 spiro atoms. The third-order valence-electron chi connectivity index (χ3n) is 4.27. The van der Waals surface area contributed by atoms with Gasteiger partial charge in [0.05, 0.1) is 0 Å². The normalized spacial score (nSPS) is 20.7. The molecule has 106 valence electrons. The van der Waals surface area contributed by atoms with E-state index in [2.05, 4.69) is 16.3 Å². The first kappa shape index (κ1) is 14.8. The van der Waals surface area contributed by atoms with E-state index in [1.54, 1.807) is 6.07 Å². The number of rotatable bonds is 2. The smallest absolute Gasteiger partial charge is 0.127 e. The van der Waals surface area contributed by atoms with Crippen molar-refractivity contribution >= 4 is 12.4 Å². The molecule has 0 radical (unpaired) electrons. The van der Waals surface area contributed by atoms with Crippen LogP contribution in [-0.4, -0.2) is 31.1 Å². The third kappa shape index (κ3) is 3.47. The van der Waals surface area contributed by atoms with Gasteiger partial charge in [-0.25, -0.2) is 4.39 Å². The van der Waals surface area contributed by atoms with Gasteiger partial charge in [0, 0.05) is 25.2 Å². The Hall–Kier alpha value is -0.640. The van der Waals surface area contributed by atoms with E-state index in [0.29, 0.717) is 0 Å². The Morgan fingerprint density at radius 2 is 2.05 bits per heavy atom. The molecule has 1 aromatic rings. The zero-order valence-corrected chi connectivity index (χ0v) is 12.0. The summed E-state index contributed by atoms with van der Waals surface area (Å²) in [5, 5.41) is 3.40. The summed E-state index contributed by atoms with van der Waals surface area (Å²) in [6, 6.07) is 5.49. The van der Waals surface area contributed by atoms with E-state index in [1.807, 2.05) is 6.07 Å². The lowest BCUT2D eigenvalue weighted by Gasteiger charge is -2.33.